The van der Waals surface area contributed by atoms with Crippen LogP contribution in [0.5, 0.6) is 5.75 Å². The van der Waals surface area contributed by atoms with Gasteiger partial charge in [-0.2, -0.15) is 18.4 Å². The van der Waals surface area contributed by atoms with Gasteiger partial charge >= 0.3 is 6.18 Å². The number of rotatable bonds is 10. The Balaban J connectivity index is 1.41. The normalized spacial score (nSPS) is 17.3. The molecule has 2 aliphatic rings. The van der Waals surface area contributed by atoms with E-state index in [2.05, 4.69) is 25.5 Å². The van der Waals surface area contributed by atoms with E-state index >= 15 is 0 Å². The van der Waals surface area contributed by atoms with Crippen molar-refractivity contribution in [1.82, 2.24) is 30.4 Å². The van der Waals surface area contributed by atoms with Crippen molar-refractivity contribution in [3.05, 3.63) is 63.3 Å². The molecule has 0 spiro atoms. The molecular formula is C27H26ClF3N6O2S2. The molecule has 0 radical (unpaired) electrons. The monoisotopic (exact) mass is 622 g/mol. The number of amides is 1. The van der Waals surface area contributed by atoms with E-state index in [1.807, 2.05) is 0 Å². The highest BCUT2D eigenvalue weighted by molar-refractivity contribution is 8.26. The SMILES string of the molecule is O=C1/C(=C/c2cc(-c3cc(C(F)(F)F)ccc3Cl)ccc2OCCN2CCCC2)SC(=S)N1CCCc1nn[nH]n1. The third kappa shape index (κ3) is 7.26. The van der Waals surface area contributed by atoms with Gasteiger partial charge in [-0.15, -0.1) is 10.2 Å². The molecule has 3 heterocycles. The number of aryl methyl sites for hydroxylation is 1. The lowest BCUT2D eigenvalue weighted by Crippen LogP contribution is -2.29. The van der Waals surface area contributed by atoms with Crippen LogP contribution in [0, 0.1) is 0 Å². The average molecular weight is 623 g/mol. The van der Waals surface area contributed by atoms with Gasteiger partial charge in [-0.25, -0.2) is 0 Å². The minimum absolute atomic E-state index is 0.180. The van der Waals surface area contributed by atoms with Crippen LogP contribution in [0.1, 0.15) is 36.2 Å². The van der Waals surface area contributed by atoms with Crippen molar-refractivity contribution in [3.8, 4) is 16.9 Å². The molecule has 0 saturated carbocycles. The number of thioether (sulfide) groups is 1. The summed E-state index contributed by atoms with van der Waals surface area (Å²) >= 11 is 13.0. The molecule has 0 bridgehead atoms. The van der Waals surface area contributed by atoms with Gasteiger partial charge < -0.3 is 4.74 Å². The van der Waals surface area contributed by atoms with E-state index in [0.717, 1.165) is 44.6 Å². The largest absolute Gasteiger partial charge is 0.492 e. The van der Waals surface area contributed by atoms with E-state index in [1.54, 1.807) is 24.3 Å². The summed E-state index contributed by atoms with van der Waals surface area (Å²) < 4.78 is 46.8. The summed E-state index contributed by atoms with van der Waals surface area (Å²) in [4.78, 5) is 17.5. The van der Waals surface area contributed by atoms with Crippen molar-refractivity contribution in [1.29, 1.82) is 0 Å². The molecule has 2 aliphatic heterocycles. The predicted octanol–water partition coefficient (Wildman–Crippen LogP) is 5.85. The molecule has 1 N–H and O–H groups in total. The summed E-state index contributed by atoms with van der Waals surface area (Å²) in [6.45, 7) is 3.62. The van der Waals surface area contributed by atoms with Crippen LogP contribution >= 0.6 is 35.6 Å². The number of thiocarbonyl (C=S) groups is 1. The maximum atomic E-state index is 13.4. The number of likely N-dealkylation sites (tertiary alicyclic amines) is 1. The highest BCUT2D eigenvalue weighted by Crippen LogP contribution is 2.39. The highest BCUT2D eigenvalue weighted by Gasteiger charge is 2.33. The minimum atomic E-state index is -4.52. The molecule has 2 fully saturated rings. The number of hydrogen-bond acceptors (Lipinski definition) is 8. The third-order valence-corrected chi connectivity index (χ3v) is 8.52. The number of nitrogens with one attached hydrogen (secondary N) is 1. The number of tetrazole rings is 1. The van der Waals surface area contributed by atoms with Gasteiger partial charge in [0.15, 0.2) is 5.82 Å². The van der Waals surface area contributed by atoms with E-state index in [0.29, 0.717) is 57.9 Å². The molecule has 3 aromatic rings. The van der Waals surface area contributed by atoms with E-state index in [4.69, 9.17) is 28.6 Å². The summed E-state index contributed by atoms with van der Waals surface area (Å²) in [6.07, 6.45) is 0.603. The Morgan fingerprint density at radius 1 is 1.15 bits per heavy atom. The lowest BCUT2D eigenvalue weighted by molar-refractivity contribution is -0.137. The first-order valence-electron chi connectivity index (χ1n) is 13.0. The Bertz CT molecular complexity index is 1450. The number of carbonyl (C=O) groups excluding carboxylic acids is 1. The Hall–Kier alpha value is -3.00. The Labute approximate surface area is 249 Å². The lowest BCUT2D eigenvalue weighted by atomic mass is 9.99. The molecule has 1 aromatic heterocycles. The molecule has 0 aliphatic carbocycles. The summed E-state index contributed by atoms with van der Waals surface area (Å²) in [5.74, 6) is 0.809. The fraction of sp³-hybridized carbons (Fsp3) is 0.370. The van der Waals surface area contributed by atoms with Crippen LogP contribution in [-0.2, 0) is 17.4 Å². The second-order valence-corrected chi connectivity index (χ2v) is 11.7. The maximum absolute atomic E-state index is 13.4. The van der Waals surface area contributed by atoms with Gasteiger partial charge in [0.2, 0.25) is 0 Å². The molecule has 0 atom stereocenters. The number of carbonyl (C=O) groups is 1. The fourth-order valence-corrected chi connectivity index (χ4v) is 6.22. The van der Waals surface area contributed by atoms with Crippen LogP contribution in [0.3, 0.4) is 0 Å². The average Bonchev–Trinajstić information content (AvgIpc) is 3.69. The summed E-state index contributed by atoms with van der Waals surface area (Å²) in [7, 11) is 0. The van der Waals surface area contributed by atoms with Crippen LogP contribution in [0.15, 0.2) is 41.3 Å². The van der Waals surface area contributed by atoms with E-state index in [9.17, 15) is 18.0 Å². The van der Waals surface area contributed by atoms with Crippen molar-refractivity contribution >= 4 is 51.9 Å². The molecule has 216 valence electrons. The van der Waals surface area contributed by atoms with Crippen molar-refractivity contribution in [2.24, 2.45) is 0 Å². The van der Waals surface area contributed by atoms with Crippen molar-refractivity contribution in [3.63, 3.8) is 0 Å². The first-order valence-corrected chi connectivity index (χ1v) is 14.6. The van der Waals surface area contributed by atoms with Gasteiger partial charge in [0.25, 0.3) is 5.91 Å². The summed E-state index contributed by atoms with van der Waals surface area (Å²) in [6, 6.07) is 8.28. The predicted molar refractivity (Wildman–Crippen MR) is 155 cm³/mol. The van der Waals surface area contributed by atoms with Crippen LogP contribution in [0.4, 0.5) is 13.2 Å². The summed E-state index contributed by atoms with van der Waals surface area (Å²) in [5, 5.41) is 13.9. The number of halogens is 4. The molecular weight excluding hydrogens is 597 g/mol. The second kappa shape index (κ2) is 12.9. The quantitative estimate of drug-likeness (QED) is 0.223. The molecule has 2 aromatic carbocycles. The van der Waals surface area contributed by atoms with Crippen LogP contribution in [0.2, 0.25) is 5.02 Å². The standard InChI is InChI=1S/C27H26ClF3N6O2S2/c28-21-7-6-19(27(29,30)31)16-20(21)17-5-8-22(39-13-12-36-9-1-2-10-36)18(14-17)15-23-25(38)37(26(40)41-23)11-3-4-24-32-34-35-33-24/h5-8,14-16H,1-4,9-13H2,(H,32,33,34,35)/b23-15-. The van der Waals surface area contributed by atoms with Crippen LogP contribution in [0.25, 0.3) is 17.2 Å². The third-order valence-electron chi connectivity index (χ3n) is 6.81. The number of hydrogen-bond donors (Lipinski definition) is 1. The fourth-order valence-electron chi connectivity index (χ4n) is 4.69. The van der Waals surface area contributed by atoms with Gasteiger partial charge in [0.05, 0.1) is 10.5 Å². The molecule has 14 heteroatoms. The lowest BCUT2D eigenvalue weighted by Gasteiger charge is -2.17. The van der Waals surface area contributed by atoms with Gasteiger partial charge in [-0.1, -0.05) is 46.9 Å². The smallest absolute Gasteiger partial charge is 0.416 e. The zero-order chi connectivity index (χ0) is 29.0. The van der Waals surface area contributed by atoms with Gasteiger partial charge in [0.1, 0.15) is 16.7 Å². The Morgan fingerprint density at radius 3 is 2.68 bits per heavy atom. The maximum Gasteiger partial charge on any atom is 0.416 e. The zero-order valence-electron chi connectivity index (χ0n) is 21.8. The molecule has 41 heavy (non-hydrogen) atoms. The van der Waals surface area contributed by atoms with Gasteiger partial charge in [0, 0.05) is 35.7 Å². The van der Waals surface area contributed by atoms with Gasteiger partial charge in [-0.3, -0.25) is 14.6 Å². The number of aromatic amines is 1. The number of benzene rings is 2. The highest BCUT2D eigenvalue weighted by atomic mass is 35.5. The number of H-pyrrole nitrogens is 1. The molecule has 1 amide bonds. The van der Waals surface area contributed by atoms with Crippen LogP contribution < -0.4 is 4.74 Å². The summed E-state index contributed by atoms with van der Waals surface area (Å²) in [5.41, 5.74) is 0.444. The van der Waals surface area contributed by atoms with Crippen molar-refractivity contribution in [2.45, 2.75) is 31.9 Å². The number of ether oxygens (including phenoxy) is 1. The molecule has 8 nitrogen and oxygen atoms in total. The zero-order valence-corrected chi connectivity index (χ0v) is 24.2. The molecule has 2 saturated heterocycles. The first-order chi connectivity index (χ1) is 19.7. The van der Waals surface area contributed by atoms with Crippen molar-refractivity contribution in [2.75, 3.05) is 32.8 Å². The Morgan fingerprint density at radius 2 is 1.95 bits per heavy atom. The van der Waals surface area contributed by atoms with E-state index in [-0.39, 0.29) is 16.5 Å². The van der Waals surface area contributed by atoms with Crippen LogP contribution in [-0.4, -0.2) is 73.4 Å². The Kier molecular flexibility index (Phi) is 9.27. The topological polar surface area (TPSA) is 87.2 Å². The second-order valence-electron chi connectivity index (χ2n) is 9.61. The van der Waals surface area contributed by atoms with E-state index in [1.165, 1.54) is 22.7 Å². The minimum Gasteiger partial charge on any atom is -0.492 e. The number of nitrogens with zero attached hydrogens (tertiary/aromatic N) is 5. The first kappa shape index (κ1) is 29.5. The van der Waals surface area contributed by atoms with Gasteiger partial charge in [-0.05, 0) is 74.3 Å². The molecule has 0 unspecified atom stereocenters. The molecule has 5 rings (SSSR count). The number of alkyl halides is 3. The number of aromatic nitrogens is 4. The van der Waals surface area contributed by atoms with E-state index < -0.39 is 11.7 Å². The van der Waals surface area contributed by atoms with Crippen molar-refractivity contribution < 1.29 is 22.7 Å².